The van der Waals surface area contributed by atoms with Crippen LogP contribution in [0.3, 0.4) is 0 Å². The van der Waals surface area contributed by atoms with Gasteiger partial charge in [0, 0.05) is 6.61 Å². The lowest BCUT2D eigenvalue weighted by molar-refractivity contribution is 0.177. The maximum atomic E-state index is 8.40. The fourth-order valence-electron chi connectivity index (χ4n) is 0. The lowest BCUT2D eigenvalue weighted by Gasteiger charge is -2.11. The van der Waals surface area contributed by atoms with Crippen molar-refractivity contribution in [3.05, 3.63) is 0 Å². The molecule has 0 aliphatic rings. The van der Waals surface area contributed by atoms with Crippen LogP contribution in [-0.4, -0.2) is 11.7 Å². The van der Waals surface area contributed by atoms with E-state index in [1.807, 2.05) is 20.8 Å². The fraction of sp³-hybridized carbons (Fsp3) is 1.00. The molecule has 0 atom stereocenters. The van der Waals surface area contributed by atoms with Crippen molar-refractivity contribution in [1.82, 2.24) is 0 Å². The maximum absolute atomic E-state index is 8.40. The van der Waals surface area contributed by atoms with Gasteiger partial charge in [-0.2, -0.15) is 0 Å². The number of aliphatic hydroxyl groups is 1. The van der Waals surface area contributed by atoms with Gasteiger partial charge >= 0.3 is 0 Å². The molecule has 0 unspecified atom stereocenters. The molecule has 1 N–H and O–H groups in total. The second-order valence-corrected chi connectivity index (χ2v) is 2.72. The van der Waals surface area contributed by atoms with Gasteiger partial charge < -0.3 is 5.11 Å². The molecule has 0 bridgehead atoms. The molecule has 9 heavy (non-hydrogen) atoms. The summed E-state index contributed by atoms with van der Waals surface area (Å²) in [5.74, 6) is 0. The third-order valence-electron chi connectivity index (χ3n) is 0.474. The van der Waals surface area contributed by atoms with E-state index in [4.69, 9.17) is 5.11 Å². The summed E-state index contributed by atoms with van der Waals surface area (Å²) in [6.45, 7) is 6.25. The van der Waals surface area contributed by atoms with E-state index < -0.39 is 0 Å². The number of hydrogen-bond acceptors (Lipinski definition) is 1. The largest absolute Gasteiger partial charge is 0.396 e. The third kappa shape index (κ3) is 26.6. The van der Waals surface area contributed by atoms with Gasteiger partial charge in [-0.25, -0.2) is 0 Å². The predicted octanol–water partition coefficient (Wildman–Crippen LogP) is 2.76. The quantitative estimate of drug-likeness (QED) is 0.724. The number of aliphatic hydroxyl groups excluding tert-OH is 1. The van der Waals surface area contributed by atoms with E-state index in [2.05, 4.69) is 0 Å². The van der Waals surface area contributed by atoms with Crippen LogP contribution in [0.5, 0.6) is 0 Å². The van der Waals surface area contributed by atoms with E-state index in [1.54, 1.807) is 0 Å². The Hall–Kier alpha value is 1.40. The molecule has 62 valence electrons. The molecular weight excluding hydrogens is 316 g/mol. The third-order valence-corrected chi connectivity index (χ3v) is 0.474. The second-order valence-electron chi connectivity index (χ2n) is 2.72. The van der Waals surface area contributed by atoms with Crippen LogP contribution < -0.4 is 0 Å². The van der Waals surface area contributed by atoms with Crippen LogP contribution in [0.1, 0.15) is 20.8 Å². The van der Waals surface area contributed by atoms with Gasteiger partial charge in [0.1, 0.15) is 0 Å². The van der Waals surface area contributed by atoms with E-state index >= 15 is 0 Å². The predicted molar refractivity (Wildman–Crippen MR) is 57.5 cm³/mol. The van der Waals surface area contributed by atoms with E-state index in [0.717, 1.165) is 0 Å². The molecule has 0 rings (SSSR count). The van der Waals surface area contributed by atoms with Gasteiger partial charge in [0.2, 0.25) is 0 Å². The van der Waals surface area contributed by atoms with Gasteiger partial charge in [0.05, 0.1) is 0 Å². The lowest BCUT2D eigenvalue weighted by Crippen LogP contribution is -2.09. The molecule has 0 aliphatic carbocycles. The van der Waals surface area contributed by atoms with E-state index in [9.17, 15) is 0 Å². The minimum Gasteiger partial charge on any atom is -0.396 e. The van der Waals surface area contributed by atoms with Crippen molar-refractivity contribution in [1.29, 1.82) is 0 Å². The molecule has 0 saturated heterocycles. The van der Waals surface area contributed by atoms with E-state index in [1.165, 1.54) is 0 Å². The minimum absolute atomic E-state index is 0. The molecular formula is C5H15Br3O. The number of rotatable bonds is 0. The first-order valence-electron chi connectivity index (χ1n) is 2.17. The Bertz CT molecular complexity index is 42.0. The zero-order valence-corrected chi connectivity index (χ0v) is 11.0. The van der Waals surface area contributed by atoms with Gasteiger partial charge in [-0.3, -0.25) is 0 Å². The molecule has 0 aliphatic heterocycles. The van der Waals surface area contributed by atoms with Crippen LogP contribution in [0.4, 0.5) is 0 Å². The average molecular weight is 331 g/mol. The monoisotopic (exact) mass is 328 g/mol. The van der Waals surface area contributed by atoms with Crippen LogP contribution in [-0.2, 0) is 0 Å². The highest BCUT2D eigenvalue weighted by atomic mass is 79.9. The molecule has 0 aromatic rings. The Labute approximate surface area is 88.5 Å². The van der Waals surface area contributed by atoms with Gasteiger partial charge in [-0.05, 0) is 5.41 Å². The fourth-order valence-corrected chi connectivity index (χ4v) is 0. The van der Waals surface area contributed by atoms with Crippen LogP contribution in [0.2, 0.25) is 0 Å². The Morgan fingerprint density at radius 2 is 1.11 bits per heavy atom. The summed E-state index contributed by atoms with van der Waals surface area (Å²) in [7, 11) is 0. The standard InChI is InChI=1S/C5H12O.3BrH/c1-5(2,3)4-6;;;/h6H,4H2,1-3H3;3*1H. The minimum atomic E-state index is 0. The Kier molecular flexibility index (Phi) is 23.4. The zero-order chi connectivity index (χ0) is 5.21. The van der Waals surface area contributed by atoms with Crippen molar-refractivity contribution in [2.24, 2.45) is 5.41 Å². The average Bonchev–Trinajstić information content (AvgIpc) is 1.35. The summed E-state index contributed by atoms with van der Waals surface area (Å²) in [6, 6.07) is 0. The van der Waals surface area contributed by atoms with E-state index in [0.29, 0.717) is 0 Å². The number of hydrogen-bond donors (Lipinski definition) is 1. The van der Waals surface area contributed by atoms with Crippen LogP contribution in [0, 0.1) is 5.41 Å². The van der Waals surface area contributed by atoms with Crippen molar-refractivity contribution >= 4 is 50.9 Å². The Morgan fingerprint density at radius 3 is 1.11 bits per heavy atom. The van der Waals surface area contributed by atoms with Crippen LogP contribution >= 0.6 is 50.9 Å². The Balaban J connectivity index is -0.0000000417. The molecule has 0 radical (unpaired) electrons. The van der Waals surface area contributed by atoms with Crippen LogP contribution in [0.25, 0.3) is 0 Å². The summed E-state index contributed by atoms with van der Waals surface area (Å²) >= 11 is 0. The van der Waals surface area contributed by atoms with Crippen molar-refractivity contribution in [3.8, 4) is 0 Å². The summed E-state index contributed by atoms with van der Waals surface area (Å²) < 4.78 is 0. The summed E-state index contributed by atoms with van der Waals surface area (Å²) in [6.07, 6.45) is 0. The highest BCUT2D eigenvalue weighted by Crippen LogP contribution is 2.09. The molecule has 4 heteroatoms. The van der Waals surface area contributed by atoms with Crippen molar-refractivity contribution in [2.45, 2.75) is 20.8 Å². The summed E-state index contributed by atoms with van der Waals surface area (Å²) in [5.41, 5.74) is 0.0972. The van der Waals surface area contributed by atoms with Crippen molar-refractivity contribution in [2.75, 3.05) is 6.61 Å². The SMILES string of the molecule is Br.Br.Br.CC(C)(C)CO. The second kappa shape index (κ2) is 9.40. The van der Waals surface area contributed by atoms with Gasteiger partial charge in [0.25, 0.3) is 0 Å². The summed E-state index contributed by atoms with van der Waals surface area (Å²) in [4.78, 5) is 0. The van der Waals surface area contributed by atoms with Crippen molar-refractivity contribution in [3.63, 3.8) is 0 Å². The lowest BCUT2D eigenvalue weighted by atomic mass is 9.99. The maximum Gasteiger partial charge on any atom is 0.0479 e. The highest BCUT2D eigenvalue weighted by molar-refractivity contribution is 8.93. The molecule has 1 nitrogen and oxygen atoms in total. The normalized spacial score (nSPS) is 8.00. The van der Waals surface area contributed by atoms with Gasteiger partial charge in [-0.1, -0.05) is 20.8 Å². The van der Waals surface area contributed by atoms with E-state index in [-0.39, 0.29) is 63.0 Å². The first-order chi connectivity index (χ1) is 2.56. The molecule has 0 spiro atoms. The molecule has 0 aromatic heterocycles. The number of halogens is 3. The molecule has 0 amide bonds. The zero-order valence-electron chi connectivity index (χ0n) is 5.88. The smallest absolute Gasteiger partial charge is 0.0479 e. The first kappa shape index (κ1) is 22.4. The Morgan fingerprint density at radius 1 is 1.00 bits per heavy atom. The highest BCUT2D eigenvalue weighted by Gasteiger charge is 2.05. The topological polar surface area (TPSA) is 20.2 Å². The van der Waals surface area contributed by atoms with Crippen LogP contribution in [0.15, 0.2) is 0 Å². The summed E-state index contributed by atoms with van der Waals surface area (Å²) in [5, 5.41) is 8.40. The van der Waals surface area contributed by atoms with Gasteiger partial charge in [0.15, 0.2) is 0 Å². The first-order valence-corrected chi connectivity index (χ1v) is 2.17. The van der Waals surface area contributed by atoms with Gasteiger partial charge in [-0.15, -0.1) is 50.9 Å². The van der Waals surface area contributed by atoms with Crippen molar-refractivity contribution < 1.29 is 5.11 Å². The molecule has 0 fully saturated rings. The molecule has 0 heterocycles. The molecule has 0 aromatic carbocycles. The molecule has 0 saturated carbocycles.